The van der Waals surface area contributed by atoms with Crippen LogP contribution in [0.4, 0.5) is 4.39 Å². The first-order valence-corrected chi connectivity index (χ1v) is 7.27. The molecule has 1 heterocycles. The summed E-state index contributed by atoms with van der Waals surface area (Å²) in [6, 6.07) is 4.57. The molecule has 3 nitrogen and oxygen atoms in total. The normalized spacial score (nSPS) is 23.5. The fraction of sp³-hybridized carbons (Fsp3) is 0.500. The van der Waals surface area contributed by atoms with Gasteiger partial charge in [0.1, 0.15) is 5.82 Å². The minimum atomic E-state index is -0.484. The van der Waals surface area contributed by atoms with Crippen LogP contribution in [0, 0.1) is 17.7 Å². The molecule has 2 unspecified atom stereocenters. The number of halogens is 2. The van der Waals surface area contributed by atoms with E-state index in [-0.39, 0.29) is 11.5 Å². The molecule has 0 aromatic heterocycles. The third-order valence-electron chi connectivity index (χ3n) is 3.88. The number of carbonyl (C=O) groups is 1. The van der Waals surface area contributed by atoms with E-state index in [4.69, 9.17) is 5.73 Å². The zero-order valence-corrected chi connectivity index (χ0v) is 12.5. The van der Waals surface area contributed by atoms with Crippen molar-refractivity contribution in [2.24, 2.45) is 17.6 Å². The van der Waals surface area contributed by atoms with E-state index < -0.39 is 5.82 Å². The van der Waals surface area contributed by atoms with Crippen molar-refractivity contribution < 1.29 is 9.18 Å². The van der Waals surface area contributed by atoms with Crippen molar-refractivity contribution >= 4 is 21.8 Å². The highest BCUT2D eigenvalue weighted by molar-refractivity contribution is 9.10. The monoisotopic (exact) mass is 328 g/mol. The predicted octanol–water partition coefficient (Wildman–Crippen LogP) is 2.65. The van der Waals surface area contributed by atoms with Crippen LogP contribution >= 0.6 is 15.9 Å². The van der Waals surface area contributed by atoms with Gasteiger partial charge in [0, 0.05) is 17.6 Å². The summed E-state index contributed by atoms with van der Waals surface area (Å²) in [6.07, 6.45) is 0.916. The molecule has 1 aromatic carbocycles. The van der Waals surface area contributed by atoms with Crippen molar-refractivity contribution in [1.29, 1.82) is 0 Å². The van der Waals surface area contributed by atoms with Crippen LogP contribution in [0.1, 0.15) is 23.7 Å². The number of nitrogens with two attached hydrogens (primary N) is 1. The molecule has 0 radical (unpaired) electrons. The molecule has 2 rings (SSSR count). The van der Waals surface area contributed by atoms with Gasteiger partial charge in [0.2, 0.25) is 0 Å². The van der Waals surface area contributed by atoms with Crippen LogP contribution in [0.2, 0.25) is 0 Å². The number of rotatable bonds is 2. The number of nitrogens with zero attached hydrogens (tertiary/aromatic N) is 1. The summed E-state index contributed by atoms with van der Waals surface area (Å²) in [7, 11) is 0. The van der Waals surface area contributed by atoms with E-state index in [0.29, 0.717) is 35.9 Å². The van der Waals surface area contributed by atoms with Gasteiger partial charge in [0.05, 0.1) is 5.56 Å². The number of benzene rings is 1. The van der Waals surface area contributed by atoms with E-state index in [2.05, 4.69) is 22.9 Å². The topological polar surface area (TPSA) is 46.3 Å². The van der Waals surface area contributed by atoms with Gasteiger partial charge in [-0.3, -0.25) is 4.79 Å². The summed E-state index contributed by atoms with van der Waals surface area (Å²) in [5.74, 6) is 0.0685. The van der Waals surface area contributed by atoms with Crippen LogP contribution in [0.25, 0.3) is 0 Å². The van der Waals surface area contributed by atoms with E-state index in [9.17, 15) is 9.18 Å². The number of carbonyl (C=O) groups excluding carboxylic acids is 1. The molecule has 5 heteroatoms. The van der Waals surface area contributed by atoms with Gasteiger partial charge in [-0.25, -0.2) is 4.39 Å². The highest BCUT2D eigenvalue weighted by atomic mass is 79.9. The second kappa shape index (κ2) is 6.01. The van der Waals surface area contributed by atoms with Crippen LogP contribution in [0.3, 0.4) is 0 Å². The Hall–Kier alpha value is -0.940. The smallest absolute Gasteiger partial charge is 0.257 e. The molecule has 1 aromatic rings. The second-order valence-corrected chi connectivity index (χ2v) is 5.96. The Morgan fingerprint density at radius 3 is 2.95 bits per heavy atom. The molecule has 104 valence electrons. The zero-order chi connectivity index (χ0) is 14.0. The first kappa shape index (κ1) is 14.5. The maximum atomic E-state index is 13.8. The van der Waals surface area contributed by atoms with Gasteiger partial charge >= 0.3 is 0 Å². The van der Waals surface area contributed by atoms with Crippen LogP contribution in [-0.2, 0) is 0 Å². The molecule has 0 aliphatic carbocycles. The van der Waals surface area contributed by atoms with Crippen molar-refractivity contribution in [2.45, 2.75) is 13.3 Å². The van der Waals surface area contributed by atoms with Crippen LogP contribution in [0.5, 0.6) is 0 Å². The van der Waals surface area contributed by atoms with Crippen molar-refractivity contribution in [3.8, 4) is 0 Å². The van der Waals surface area contributed by atoms with E-state index in [1.54, 1.807) is 17.0 Å². The first-order valence-electron chi connectivity index (χ1n) is 6.48. The molecular weight excluding hydrogens is 311 g/mol. The first-order chi connectivity index (χ1) is 9.04. The zero-order valence-electron chi connectivity index (χ0n) is 10.9. The van der Waals surface area contributed by atoms with Gasteiger partial charge in [-0.1, -0.05) is 13.0 Å². The maximum absolute atomic E-state index is 13.8. The minimum Gasteiger partial charge on any atom is -0.338 e. The molecule has 0 saturated carbocycles. The van der Waals surface area contributed by atoms with Crippen molar-refractivity contribution in [3.05, 3.63) is 34.1 Å². The average molecular weight is 329 g/mol. The Balaban J connectivity index is 2.20. The highest BCUT2D eigenvalue weighted by Gasteiger charge is 2.30. The van der Waals surface area contributed by atoms with Crippen LogP contribution in [0.15, 0.2) is 22.7 Å². The molecule has 1 saturated heterocycles. The molecule has 2 atom stereocenters. The molecule has 1 aliphatic rings. The molecule has 1 amide bonds. The summed E-state index contributed by atoms with van der Waals surface area (Å²) in [5, 5.41) is 0. The molecule has 0 spiro atoms. The lowest BCUT2D eigenvalue weighted by Gasteiger charge is -2.36. The fourth-order valence-corrected chi connectivity index (χ4v) is 3.01. The third-order valence-corrected chi connectivity index (χ3v) is 4.54. The molecule has 2 N–H and O–H groups in total. The number of hydrogen-bond donors (Lipinski definition) is 1. The van der Waals surface area contributed by atoms with Gasteiger partial charge < -0.3 is 10.6 Å². The largest absolute Gasteiger partial charge is 0.338 e. The van der Waals surface area contributed by atoms with E-state index >= 15 is 0 Å². The highest BCUT2D eigenvalue weighted by Crippen LogP contribution is 2.26. The molecule has 1 fully saturated rings. The third kappa shape index (κ3) is 2.98. The fourth-order valence-electron chi connectivity index (χ4n) is 2.50. The van der Waals surface area contributed by atoms with Gasteiger partial charge in [0.25, 0.3) is 5.91 Å². The Kier molecular flexibility index (Phi) is 4.58. The Morgan fingerprint density at radius 2 is 2.32 bits per heavy atom. The second-order valence-electron chi connectivity index (χ2n) is 5.11. The van der Waals surface area contributed by atoms with E-state index in [1.807, 2.05) is 0 Å². The van der Waals surface area contributed by atoms with Crippen molar-refractivity contribution in [2.75, 3.05) is 19.6 Å². The van der Waals surface area contributed by atoms with Crippen LogP contribution < -0.4 is 5.73 Å². The summed E-state index contributed by atoms with van der Waals surface area (Å²) < 4.78 is 14.3. The number of hydrogen-bond acceptors (Lipinski definition) is 2. The quantitative estimate of drug-likeness (QED) is 0.907. The van der Waals surface area contributed by atoms with Gasteiger partial charge in [0.15, 0.2) is 0 Å². The number of likely N-dealkylation sites (tertiary alicyclic amines) is 1. The number of amides is 1. The van der Waals surface area contributed by atoms with Gasteiger partial charge in [-0.2, -0.15) is 0 Å². The standard InChI is InChI=1S/C14H18BrFN2O/c1-9-5-6-18(8-10(9)7-17)14(19)13-11(15)3-2-4-12(13)16/h2-4,9-10H,5-8,17H2,1H3. The Bertz CT molecular complexity index is 460. The van der Waals surface area contributed by atoms with E-state index in [0.717, 1.165) is 6.42 Å². The summed E-state index contributed by atoms with van der Waals surface area (Å²) in [4.78, 5) is 14.1. The Morgan fingerprint density at radius 1 is 1.58 bits per heavy atom. The molecule has 1 aliphatic heterocycles. The summed E-state index contributed by atoms with van der Waals surface area (Å²) in [6.45, 7) is 3.98. The lowest BCUT2D eigenvalue weighted by molar-refractivity contribution is 0.0613. The SMILES string of the molecule is CC1CCN(C(=O)c2c(F)cccc2Br)CC1CN. The lowest BCUT2D eigenvalue weighted by Crippen LogP contribution is -2.45. The average Bonchev–Trinajstić information content (AvgIpc) is 2.39. The molecule has 19 heavy (non-hydrogen) atoms. The van der Waals surface area contributed by atoms with E-state index in [1.165, 1.54) is 6.07 Å². The van der Waals surface area contributed by atoms with Crippen LogP contribution in [-0.4, -0.2) is 30.4 Å². The van der Waals surface area contributed by atoms with Gasteiger partial charge in [-0.05, 0) is 52.9 Å². The summed E-state index contributed by atoms with van der Waals surface area (Å²) >= 11 is 3.25. The Labute approximate surface area is 121 Å². The predicted molar refractivity (Wildman–Crippen MR) is 76.3 cm³/mol. The van der Waals surface area contributed by atoms with Crippen molar-refractivity contribution in [1.82, 2.24) is 4.90 Å². The summed E-state index contributed by atoms with van der Waals surface area (Å²) in [5.41, 5.74) is 5.85. The number of piperidine rings is 1. The van der Waals surface area contributed by atoms with Crippen molar-refractivity contribution in [3.63, 3.8) is 0 Å². The lowest BCUT2D eigenvalue weighted by atomic mass is 9.87. The minimum absolute atomic E-state index is 0.118. The van der Waals surface area contributed by atoms with Gasteiger partial charge in [-0.15, -0.1) is 0 Å². The molecular formula is C14H18BrFN2O. The molecule has 0 bridgehead atoms. The maximum Gasteiger partial charge on any atom is 0.257 e.